The predicted molar refractivity (Wildman–Crippen MR) is 80.4 cm³/mol. The molecule has 22 heavy (non-hydrogen) atoms. The van der Waals surface area contributed by atoms with Crippen LogP contribution in [0.4, 0.5) is 5.69 Å². The van der Waals surface area contributed by atoms with Crippen LogP contribution in [0.5, 0.6) is 5.75 Å². The number of piperidine rings is 1. The van der Waals surface area contributed by atoms with E-state index in [1.54, 1.807) is 0 Å². The van der Waals surface area contributed by atoms with E-state index in [-0.39, 0.29) is 28.3 Å². The molecule has 122 valence electrons. The van der Waals surface area contributed by atoms with Crippen LogP contribution in [0.15, 0.2) is 23.1 Å². The Hall–Kier alpha value is -1.71. The minimum atomic E-state index is -3.75. The standard InChI is InChI=1S/C13H19N3O5S/c1-9-8-14-6-5-11(9)15-22(19,20)10-3-4-12(16(17)18)13(7-10)21-2/h3-4,7,9,11,14-15H,5-6,8H2,1-2H3. The van der Waals surface area contributed by atoms with Crippen molar-refractivity contribution in [2.75, 3.05) is 20.2 Å². The van der Waals surface area contributed by atoms with Crippen LogP contribution in [-0.2, 0) is 10.0 Å². The highest BCUT2D eigenvalue weighted by molar-refractivity contribution is 7.89. The first kappa shape index (κ1) is 16.7. The van der Waals surface area contributed by atoms with E-state index in [9.17, 15) is 18.5 Å². The number of sulfonamides is 1. The normalized spacial score (nSPS) is 22.3. The summed E-state index contributed by atoms with van der Waals surface area (Å²) >= 11 is 0. The first-order valence-electron chi connectivity index (χ1n) is 6.90. The minimum absolute atomic E-state index is 0.0410. The summed E-state index contributed by atoms with van der Waals surface area (Å²) in [5.41, 5.74) is -0.267. The highest BCUT2D eigenvalue weighted by Gasteiger charge is 2.28. The lowest BCUT2D eigenvalue weighted by atomic mass is 9.97. The zero-order chi connectivity index (χ0) is 16.3. The van der Waals surface area contributed by atoms with Crippen LogP contribution in [0.3, 0.4) is 0 Å². The largest absolute Gasteiger partial charge is 0.490 e. The molecule has 8 nitrogen and oxygen atoms in total. The van der Waals surface area contributed by atoms with Gasteiger partial charge in [-0.15, -0.1) is 0 Å². The molecule has 1 saturated heterocycles. The third-order valence-corrected chi connectivity index (χ3v) is 5.24. The Morgan fingerprint density at radius 3 is 2.77 bits per heavy atom. The van der Waals surface area contributed by atoms with Gasteiger partial charge in [-0.05, 0) is 31.5 Å². The maximum absolute atomic E-state index is 12.4. The maximum atomic E-state index is 12.4. The molecule has 1 fully saturated rings. The van der Waals surface area contributed by atoms with Crippen molar-refractivity contribution in [1.29, 1.82) is 0 Å². The summed E-state index contributed by atoms with van der Waals surface area (Å²) in [4.78, 5) is 10.2. The quantitative estimate of drug-likeness (QED) is 0.613. The van der Waals surface area contributed by atoms with Crippen LogP contribution >= 0.6 is 0 Å². The molecule has 0 aromatic heterocycles. The number of hydrogen-bond donors (Lipinski definition) is 2. The zero-order valence-corrected chi connectivity index (χ0v) is 13.2. The van der Waals surface area contributed by atoms with Gasteiger partial charge in [0.05, 0.1) is 16.9 Å². The third-order valence-electron chi connectivity index (χ3n) is 3.75. The Balaban J connectivity index is 2.27. The van der Waals surface area contributed by atoms with Crippen molar-refractivity contribution in [2.24, 2.45) is 5.92 Å². The van der Waals surface area contributed by atoms with Gasteiger partial charge in [-0.2, -0.15) is 0 Å². The van der Waals surface area contributed by atoms with Crippen LogP contribution in [0.25, 0.3) is 0 Å². The fourth-order valence-corrected chi connectivity index (χ4v) is 3.83. The number of rotatable bonds is 5. The SMILES string of the molecule is COc1cc(S(=O)(=O)NC2CCNCC2C)ccc1[N+](=O)[O-]. The molecule has 2 unspecified atom stereocenters. The molecule has 0 spiro atoms. The van der Waals surface area contributed by atoms with Crippen molar-refractivity contribution >= 4 is 15.7 Å². The van der Waals surface area contributed by atoms with Crippen LogP contribution in [-0.4, -0.2) is 39.6 Å². The Morgan fingerprint density at radius 1 is 1.45 bits per heavy atom. The van der Waals surface area contributed by atoms with Crippen molar-refractivity contribution < 1.29 is 18.1 Å². The average Bonchev–Trinajstić information content (AvgIpc) is 2.48. The van der Waals surface area contributed by atoms with Crippen molar-refractivity contribution in [3.05, 3.63) is 28.3 Å². The molecule has 1 aliphatic heterocycles. The van der Waals surface area contributed by atoms with Crippen LogP contribution < -0.4 is 14.8 Å². The number of nitrogens with one attached hydrogen (secondary N) is 2. The molecule has 2 rings (SSSR count). The molecule has 1 heterocycles. The van der Waals surface area contributed by atoms with Gasteiger partial charge < -0.3 is 10.1 Å². The van der Waals surface area contributed by atoms with Crippen molar-refractivity contribution in [3.63, 3.8) is 0 Å². The summed E-state index contributed by atoms with van der Waals surface area (Å²) in [7, 11) is -2.48. The number of nitrogens with zero attached hydrogens (tertiary/aromatic N) is 1. The van der Waals surface area contributed by atoms with Crippen molar-refractivity contribution in [3.8, 4) is 5.75 Å². The van der Waals surface area contributed by atoms with Gasteiger partial charge in [0.1, 0.15) is 0 Å². The zero-order valence-electron chi connectivity index (χ0n) is 12.4. The Labute approximate surface area is 129 Å². The summed E-state index contributed by atoms with van der Waals surface area (Å²) in [6, 6.07) is 3.37. The van der Waals surface area contributed by atoms with Crippen LogP contribution in [0.2, 0.25) is 0 Å². The third kappa shape index (κ3) is 3.54. The number of methoxy groups -OCH3 is 1. The Kier molecular flexibility index (Phi) is 4.99. The van der Waals surface area contributed by atoms with E-state index in [4.69, 9.17) is 4.74 Å². The van der Waals surface area contributed by atoms with E-state index in [2.05, 4.69) is 10.0 Å². The van der Waals surface area contributed by atoms with Crippen LogP contribution in [0, 0.1) is 16.0 Å². The fourth-order valence-electron chi connectivity index (χ4n) is 2.43. The van der Waals surface area contributed by atoms with Gasteiger partial charge in [0, 0.05) is 18.2 Å². The van der Waals surface area contributed by atoms with Gasteiger partial charge in [0.25, 0.3) is 0 Å². The predicted octanol–water partition coefficient (Wildman–Crippen LogP) is 0.880. The van der Waals surface area contributed by atoms with Gasteiger partial charge in [-0.1, -0.05) is 6.92 Å². The number of nitro groups is 1. The highest BCUT2D eigenvalue weighted by atomic mass is 32.2. The molecule has 2 N–H and O–H groups in total. The van der Waals surface area contributed by atoms with E-state index < -0.39 is 14.9 Å². The summed E-state index contributed by atoms with van der Waals surface area (Å²) in [5.74, 6) is 0.0923. The van der Waals surface area contributed by atoms with Crippen molar-refractivity contribution in [2.45, 2.75) is 24.3 Å². The molecule has 0 amide bonds. The molecule has 1 aliphatic rings. The van der Waals surface area contributed by atoms with Crippen LogP contribution in [0.1, 0.15) is 13.3 Å². The molecule has 2 atom stereocenters. The second-order valence-electron chi connectivity index (χ2n) is 5.29. The molecule has 0 bridgehead atoms. The first-order chi connectivity index (χ1) is 10.3. The van der Waals surface area contributed by atoms with Gasteiger partial charge >= 0.3 is 5.69 Å². The van der Waals surface area contributed by atoms with E-state index in [0.717, 1.165) is 19.2 Å². The average molecular weight is 329 g/mol. The number of hydrogen-bond acceptors (Lipinski definition) is 6. The fraction of sp³-hybridized carbons (Fsp3) is 0.538. The summed E-state index contributed by atoms with van der Waals surface area (Å²) in [6.07, 6.45) is 0.699. The van der Waals surface area contributed by atoms with E-state index in [1.165, 1.54) is 19.2 Å². The lowest BCUT2D eigenvalue weighted by Gasteiger charge is -2.29. The smallest absolute Gasteiger partial charge is 0.310 e. The van der Waals surface area contributed by atoms with Gasteiger partial charge in [0.15, 0.2) is 5.75 Å². The number of ether oxygens (including phenoxy) is 1. The molecule has 0 radical (unpaired) electrons. The van der Waals surface area contributed by atoms with Gasteiger partial charge in [-0.3, -0.25) is 10.1 Å². The summed E-state index contributed by atoms with van der Waals surface area (Å²) < 4.78 is 32.5. The van der Waals surface area contributed by atoms with Gasteiger partial charge in [0.2, 0.25) is 10.0 Å². The second-order valence-corrected chi connectivity index (χ2v) is 7.00. The molecule has 0 aliphatic carbocycles. The lowest BCUT2D eigenvalue weighted by molar-refractivity contribution is -0.385. The molecule has 1 aromatic carbocycles. The maximum Gasteiger partial charge on any atom is 0.310 e. The second kappa shape index (κ2) is 6.59. The highest BCUT2D eigenvalue weighted by Crippen LogP contribution is 2.29. The van der Waals surface area contributed by atoms with Gasteiger partial charge in [-0.25, -0.2) is 13.1 Å². The molecular weight excluding hydrogens is 310 g/mol. The Bertz CT molecular complexity index is 662. The number of nitro benzene ring substituents is 1. The van der Waals surface area contributed by atoms with Crippen molar-refractivity contribution in [1.82, 2.24) is 10.0 Å². The molecule has 9 heteroatoms. The summed E-state index contributed by atoms with van der Waals surface area (Å²) in [5, 5.41) is 14.1. The first-order valence-corrected chi connectivity index (χ1v) is 8.39. The van der Waals surface area contributed by atoms with E-state index >= 15 is 0 Å². The molecule has 0 saturated carbocycles. The number of benzene rings is 1. The Morgan fingerprint density at radius 2 is 2.18 bits per heavy atom. The van der Waals surface area contributed by atoms with E-state index in [1.807, 2.05) is 6.92 Å². The minimum Gasteiger partial charge on any atom is -0.490 e. The topological polar surface area (TPSA) is 111 Å². The van der Waals surface area contributed by atoms with E-state index in [0.29, 0.717) is 6.42 Å². The molecule has 1 aromatic rings. The lowest BCUT2D eigenvalue weighted by Crippen LogP contribution is -2.48. The molecular formula is C13H19N3O5S. The summed E-state index contributed by atoms with van der Waals surface area (Å²) in [6.45, 7) is 3.47. The monoisotopic (exact) mass is 329 g/mol.